The first-order valence-corrected chi connectivity index (χ1v) is 5.42. The van der Waals surface area contributed by atoms with Crippen molar-refractivity contribution in [3.05, 3.63) is 39.9 Å². The monoisotopic (exact) mass is 223 g/mol. The van der Waals surface area contributed by atoms with E-state index in [9.17, 15) is 15.2 Å². The Labute approximate surface area is 95.1 Å². The van der Waals surface area contributed by atoms with Crippen LogP contribution in [0, 0.1) is 16.0 Å². The molecular formula is C12H17NO3. The van der Waals surface area contributed by atoms with E-state index >= 15 is 0 Å². The third-order valence-corrected chi connectivity index (χ3v) is 2.62. The van der Waals surface area contributed by atoms with E-state index in [1.165, 1.54) is 6.07 Å². The van der Waals surface area contributed by atoms with E-state index in [0.717, 1.165) is 5.56 Å². The molecule has 0 amide bonds. The molecule has 0 radical (unpaired) electrons. The lowest BCUT2D eigenvalue weighted by Crippen LogP contribution is -2.15. The van der Waals surface area contributed by atoms with E-state index in [2.05, 4.69) is 0 Å². The lowest BCUT2D eigenvalue weighted by atomic mass is 9.99. The number of rotatable bonds is 5. The van der Waals surface area contributed by atoms with Crippen molar-refractivity contribution in [1.82, 2.24) is 0 Å². The Kier molecular flexibility index (Phi) is 4.43. The van der Waals surface area contributed by atoms with E-state index < -0.39 is 4.92 Å². The van der Waals surface area contributed by atoms with Crippen LogP contribution in [0.1, 0.15) is 25.8 Å². The minimum atomic E-state index is -0.400. The zero-order valence-corrected chi connectivity index (χ0v) is 9.59. The molecule has 0 aliphatic carbocycles. The number of nitrogens with zero attached hydrogens (tertiary/aromatic N) is 1. The van der Waals surface area contributed by atoms with E-state index in [1.54, 1.807) is 12.1 Å². The number of nitro benzene ring substituents is 1. The standard InChI is InChI=1S/C12H17NO3/c1-9(2)12(14)7-6-10-4-3-5-11(8-10)13(15)16/h3-5,8-9,12,14H,6-7H2,1-2H3. The normalized spacial score (nSPS) is 12.8. The molecule has 0 heterocycles. The Bertz CT molecular complexity index is 363. The molecule has 88 valence electrons. The first-order valence-electron chi connectivity index (χ1n) is 5.42. The fraction of sp³-hybridized carbons (Fsp3) is 0.500. The third kappa shape index (κ3) is 3.62. The average Bonchev–Trinajstić information content (AvgIpc) is 2.26. The highest BCUT2D eigenvalue weighted by molar-refractivity contribution is 5.34. The van der Waals surface area contributed by atoms with Gasteiger partial charge in [0, 0.05) is 12.1 Å². The second kappa shape index (κ2) is 5.61. The minimum absolute atomic E-state index is 0.108. The van der Waals surface area contributed by atoms with Gasteiger partial charge in [0.15, 0.2) is 0 Å². The number of aliphatic hydroxyl groups is 1. The van der Waals surface area contributed by atoms with Crippen molar-refractivity contribution in [2.45, 2.75) is 32.8 Å². The molecule has 0 bridgehead atoms. The fourth-order valence-electron chi connectivity index (χ4n) is 1.47. The number of hydrogen-bond acceptors (Lipinski definition) is 3. The quantitative estimate of drug-likeness (QED) is 0.616. The van der Waals surface area contributed by atoms with Crippen LogP contribution in [0.25, 0.3) is 0 Å². The summed E-state index contributed by atoms with van der Waals surface area (Å²) in [5.41, 5.74) is 1.01. The maximum Gasteiger partial charge on any atom is 0.269 e. The molecular weight excluding hydrogens is 206 g/mol. The molecule has 1 unspecified atom stereocenters. The predicted octanol–water partition coefficient (Wildman–Crippen LogP) is 2.54. The van der Waals surface area contributed by atoms with E-state index in [0.29, 0.717) is 12.8 Å². The highest BCUT2D eigenvalue weighted by atomic mass is 16.6. The van der Waals surface area contributed by atoms with Crippen LogP contribution in [0.2, 0.25) is 0 Å². The van der Waals surface area contributed by atoms with Crippen LogP contribution in [0.4, 0.5) is 5.69 Å². The highest BCUT2D eigenvalue weighted by Gasteiger charge is 2.10. The molecule has 0 aliphatic heterocycles. The van der Waals surface area contributed by atoms with Gasteiger partial charge in [0.05, 0.1) is 11.0 Å². The molecule has 4 nitrogen and oxygen atoms in total. The Hall–Kier alpha value is -1.42. The van der Waals surface area contributed by atoms with Crippen LogP contribution in [0.15, 0.2) is 24.3 Å². The van der Waals surface area contributed by atoms with Crippen molar-refractivity contribution < 1.29 is 10.0 Å². The Morgan fingerprint density at radius 1 is 1.44 bits per heavy atom. The van der Waals surface area contributed by atoms with Crippen LogP contribution in [0.3, 0.4) is 0 Å². The van der Waals surface area contributed by atoms with Crippen molar-refractivity contribution in [3.8, 4) is 0 Å². The fourth-order valence-corrected chi connectivity index (χ4v) is 1.47. The van der Waals surface area contributed by atoms with E-state index in [1.807, 2.05) is 19.9 Å². The van der Waals surface area contributed by atoms with Gasteiger partial charge in [-0.15, -0.1) is 0 Å². The van der Waals surface area contributed by atoms with Gasteiger partial charge in [0.2, 0.25) is 0 Å². The number of aryl methyl sites for hydroxylation is 1. The smallest absolute Gasteiger partial charge is 0.269 e. The number of non-ortho nitro benzene ring substituents is 1. The summed E-state index contributed by atoms with van der Waals surface area (Å²) in [6, 6.07) is 6.56. The summed E-state index contributed by atoms with van der Waals surface area (Å²) in [6.45, 7) is 3.91. The molecule has 1 N–H and O–H groups in total. The summed E-state index contributed by atoms with van der Waals surface area (Å²) in [7, 11) is 0. The molecule has 0 spiro atoms. The molecule has 1 aromatic carbocycles. The van der Waals surface area contributed by atoms with Crippen LogP contribution < -0.4 is 0 Å². The van der Waals surface area contributed by atoms with Gasteiger partial charge in [-0.2, -0.15) is 0 Å². The van der Waals surface area contributed by atoms with Gasteiger partial charge >= 0.3 is 0 Å². The largest absolute Gasteiger partial charge is 0.393 e. The van der Waals surface area contributed by atoms with Crippen LogP contribution in [-0.4, -0.2) is 16.1 Å². The van der Waals surface area contributed by atoms with Crippen molar-refractivity contribution in [1.29, 1.82) is 0 Å². The predicted molar refractivity (Wildman–Crippen MR) is 62.3 cm³/mol. The Balaban J connectivity index is 2.61. The molecule has 1 rings (SSSR count). The van der Waals surface area contributed by atoms with Crippen molar-refractivity contribution in [3.63, 3.8) is 0 Å². The maximum atomic E-state index is 10.6. The number of hydrogen-bond donors (Lipinski definition) is 1. The summed E-state index contributed by atoms with van der Waals surface area (Å²) < 4.78 is 0. The van der Waals surface area contributed by atoms with Gasteiger partial charge < -0.3 is 5.11 Å². The van der Waals surface area contributed by atoms with Gasteiger partial charge in [0.25, 0.3) is 5.69 Å². The molecule has 0 saturated carbocycles. The van der Waals surface area contributed by atoms with Crippen LogP contribution >= 0.6 is 0 Å². The van der Waals surface area contributed by atoms with Crippen LogP contribution in [0.5, 0.6) is 0 Å². The molecule has 16 heavy (non-hydrogen) atoms. The first-order chi connectivity index (χ1) is 7.50. The minimum Gasteiger partial charge on any atom is -0.393 e. The number of aliphatic hydroxyl groups excluding tert-OH is 1. The number of benzene rings is 1. The van der Waals surface area contributed by atoms with Gasteiger partial charge in [-0.05, 0) is 24.3 Å². The molecule has 0 saturated heterocycles. The topological polar surface area (TPSA) is 63.4 Å². The van der Waals surface area contributed by atoms with Gasteiger partial charge in [-0.3, -0.25) is 10.1 Å². The molecule has 0 fully saturated rings. The Morgan fingerprint density at radius 2 is 2.12 bits per heavy atom. The molecule has 1 atom stereocenters. The van der Waals surface area contributed by atoms with Crippen molar-refractivity contribution in [2.75, 3.05) is 0 Å². The van der Waals surface area contributed by atoms with Crippen LogP contribution in [-0.2, 0) is 6.42 Å². The zero-order valence-electron chi connectivity index (χ0n) is 9.59. The van der Waals surface area contributed by atoms with Gasteiger partial charge in [-0.1, -0.05) is 26.0 Å². The lowest BCUT2D eigenvalue weighted by Gasteiger charge is -2.13. The molecule has 1 aromatic rings. The highest BCUT2D eigenvalue weighted by Crippen LogP contribution is 2.16. The lowest BCUT2D eigenvalue weighted by molar-refractivity contribution is -0.384. The third-order valence-electron chi connectivity index (χ3n) is 2.62. The van der Waals surface area contributed by atoms with Gasteiger partial charge in [0.1, 0.15) is 0 Å². The summed E-state index contributed by atoms with van der Waals surface area (Å²) in [4.78, 5) is 10.2. The summed E-state index contributed by atoms with van der Waals surface area (Å²) >= 11 is 0. The molecule has 0 aromatic heterocycles. The van der Waals surface area contributed by atoms with E-state index in [-0.39, 0.29) is 17.7 Å². The summed E-state index contributed by atoms with van der Waals surface area (Å²) in [5.74, 6) is 0.221. The zero-order chi connectivity index (χ0) is 12.1. The van der Waals surface area contributed by atoms with Crippen molar-refractivity contribution in [2.24, 2.45) is 5.92 Å². The van der Waals surface area contributed by atoms with Crippen molar-refractivity contribution >= 4 is 5.69 Å². The molecule has 4 heteroatoms. The second-order valence-corrected chi connectivity index (χ2v) is 4.28. The van der Waals surface area contributed by atoms with E-state index in [4.69, 9.17) is 0 Å². The number of nitro groups is 1. The maximum absolute atomic E-state index is 10.6. The summed E-state index contributed by atoms with van der Waals surface area (Å²) in [6.07, 6.45) is 0.958. The average molecular weight is 223 g/mol. The summed E-state index contributed by atoms with van der Waals surface area (Å²) in [5, 5.41) is 20.2. The SMILES string of the molecule is CC(C)C(O)CCc1cccc([N+](=O)[O-])c1. The van der Waals surface area contributed by atoms with Gasteiger partial charge in [-0.25, -0.2) is 0 Å². The molecule has 0 aliphatic rings. The first kappa shape index (κ1) is 12.6. The Morgan fingerprint density at radius 3 is 2.69 bits per heavy atom. The second-order valence-electron chi connectivity index (χ2n) is 4.28.